The number of aromatic nitrogens is 1. The standard InChI is InChI=1S/C14H11F3N2O2/c15-14(16,17)11-4-2-1-3-10(11)9-5-8(6-12(20)21)13(18)19-7-9/h1-5,7H,6H2,(H2,18,19)(H,20,21). The first kappa shape index (κ1) is 14.8. The van der Waals surface area contributed by atoms with Gasteiger partial charge in [-0.3, -0.25) is 4.79 Å². The number of carboxylic acid groups (broad SMARTS) is 1. The molecular weight excluding hydrogens is 285 g/mol. The van der Waals surface area contributed by atoms with E-state index in [9.17, 15) is 18.0 Å². The molecule has 1 aromatic carbocycles. The molecule has 0 radical (unpaired) electrons. The molecule has 0 saturated carbocycles. The number of anilines is 1. The van der Waals surface area contributed by atoms with E-state index in [1.165, 1.54) is 30.5 Å². The number of nitrogens with zero attached hydrogens (tertiary/aromatic N) is 1. The molecule has 0 bridgehead atoms. The van der Waals surface area contributed by atoms with Gasteiger partial charge in [0.1, 0.15) is 5.82 Å². The predicted octanol–water partition coefficient (Wildman–Crippen LogP) is 2.98. The number of pyridine rings is 1. The Morgan fingerprint density at radius 3 is 2.57 bits per heavy atom. The number of benzene rings is 1. The average molecular weight is 296 g/mol. The van der Waals surface area contributed by atoms with Crippen LogP contribution in [0.4, 0.5) is 19.0 Å². The van der Waals surface area contributed by atoms with Crippen LogP contribution in [0.5, 0.6) is 0 Å². The van der Waals surface area contributed by atoms with Gasteiger partial charge in [-0.25, -0.2) is 4.98 Å². The molecule has 0 spiro atoms. The SMILES string of the molecule is Nc1ncc(-c2ccccc2C(F)(F)F)cc1CC(=O)O. The summed E-state index contributed by atoms with van der Waals surface area (Å²) >= 11 is 0. The smallest absolute Gasteiger partial charge is 0.417 e. The van der Waals surface area contributed by atoms with Gasteiger partial charge >= 0.3 is 12.1 Å². The van der Waals surface area contributed by atoms with Crippen LogP contribution in [0.2, 0.25) is 0 Å². The van der Waals surface area contributed by atoms with Gasteiger partial charge in [-0.1, -0.05) is 18.2 Å². The second-order valence-electron chi connectivity index (χ2n) is 4.38. The molecule has 2 rings (SSSR count). The van der Waals surface area contributed by atoms with E-state index in [-0.39, 0.29) is 22.5 Å². The summed E-state index contributed by atoms with van der Waals surface area (Å²) in [7, 11) is 0. The van der Waals surface area contributed by atoms with Crippen LogP contribution in [0.3, 0.4) is 0 Å². The van der Waals surface area contributed by atoms with Crippen molar-refractivity contribution in [3.8, 4) is 11.1 Å². The fourth-order valence-electron chi connectivity index (χ4n) is 1.95. The third-order valence-electron chi connectivity index (χ3n) is 2.89. The molecule has 0 amide bonds. The van der Waals surface area contributed by atoms with Gasteiger partial charge in [0, 0.05) is 17.3 Å². The summed E-state index contributed by atoms with van der Waals surface area (Å²) in [4.78, 5) is 14.5. The van der Waals surface area contributed by atoms with E-state index in [0.29, 0.717) is 0 Å². The molecule has 2 aromatic rings. The van der Waals surface area contributed by atoms with Gasteiger partial charge in [-0.15, -0.1) is 0 Å². The van der Waals surface area contributed by atoms with Crippen LogP contribution in [-0.2, 0) is 17.4 Å². The van der Waals surface area contributed by atoms with E-state index in [4.69, 9.17) is 10.8 Å². The zero-order valence-corrected chi connectivity index (χ0v) is 10.7. The predicted molar refractivity (Wildman–Crippen MR) is 70.4 cm³/mol. The Labute approximate surface area is 118 Å². The third kappa shape index (κ3) is 3.31. The number of carbonyl (C=O) groups is 1. The molecule has 0 unspecified atom stereocenters. The van der Waals surface area contributed by atoms with Crippen LogP contribution in [0.15, 0.2) is 36.5 Å². The number of carboxylic acids is 1. The first-order valence-electron chi connectivity index (χ1n) is 5.92. The third-order valence-corrected chi connectivity index (χ3v) is 2.89. The van der Waals surface area contributed by atoms with Gasteiger partial charge in [-0.05, 0) is 17.7 Å². The van der Waals surface area contributed by atoms with Crippen LogP contribution in [0.25, 0.3) is 11.1 Å². The highest BCUT2D eigenvalue weighted by molar-refractivity contribution is 5.75. The fourth-order valence-corrected chi connectivity index (χ4v) is 1.95. The first-order chi connectivity index (χ1) is 9.79. The van der Waals surface area contributed by atoms with Gasteiger partial charge in [-0.2, -0.15) is 13.2 Å². The summed E-state index contributed by atoms with van der Waals surface area (Å²) in [6, 6.07) is 6.34. The van der Waals surface area contributed by atoms with E-state index >= 15 is 0 Å². The van der Waals surface area contributed by atoms with E-state index in [0.717, 1.165) is 6.07 Å². The van der Waals surface area contributed by atoms with Crippen LogP contribution < -0.4 is 5.73 Å². The van der Waals surface area contributed by atoms with Crippen molar-refractivity contribution in [2.45, 2.75) is 12.6 Å². The van der Waals surface area contributed by atoms with E-state index in [1.54, 1.807) is 0 Å². The largest absolute Gasteiger partial charge is 0.481 e. The second-order valence-corrected chi connectivity index (χ2v) is 4.38. The number of nitrogen functional groups attached to an aromatic ring is 1. The van der Waals surface area contributed by atoms with E-state index in [2.05, 4.69) is 4.98 Å². The molecule has 0 saturated heterocycles. The Bertz CT molecular complexity index is 684. The van der Waals surface area contributed by atoms with Crippen molar-refractivity contribution in [1.82, 2.24) is 4.98 Å². The summed E-state index contributed by atoms with van der Waals surface area (Å²) in [6.45, 7) is 0. The lowest BCUT2D eigenvalue weighted by Gasteiger charge is -2.13. The molecule has 0 fully saturated rings. The van der Waals surface area contributed by atoms with Gasteiger partial charge in [0.05, 0.1) is 12.0 Å². The minimum absolute atomic E-state index is 0.00867. The number of rotatable bonds is 3. The summed E-state index contributed by atoms with van der Waals surface area (Å²) in [6.07, 6.45) is -3.71. The average Bonchev–Trinajstić information content (AvgIpc) is 2.40. The number of alkyl halides is 3. The molecule has 0 aliphatic rings. The lowest BCUT2D eigenvalue weighted by molar-refractivity contribution is -0.137. The molecule has 3 N–H and O–H groups in total. The minimum Gasteiger partial charge on any atom is -0.481 e. The fraction of sp³-hybridized carbons (Fsp3) is 0.143. The number of hydrogen-bond donors (Lipinski definition) is 2. The van der Waals surface area contributed by atoms with Gasteiger partial charge in [0.15, 0.2) is 0 Å². The highest BCUT2D eigenvalue weighted by Crippen LogP contribution is 2.37. The monoisotopic (exact) mass is 296 g/mol. The zero-order chi connectivity index (χ0) is 15.6. The Hall–Kier alpha value is -2.57. The molecule has 110 valence electrons. The van der Waals surface area contributed by atoms with Gasteiger partial charge < -0.3 is 10.8 Å². The quantitative estimate of drug-likeness (QED) is 0.913. The van der Waals surface area contributed by atoms with Crippen molar-refractivity contribution in [1.29, 1.82) is 0 Å². The summed E-state index contributed by atoms with van der Waals surface area (Å²) in [5.41, 5.74) is 5.02. The maximum Gasteiger partial charge on any atom is 0.417 e. The Balaban J connectivity index is 2.55. The van der Waals surface area contributed by atoms with Crippen molar-refractivity contribution in [2.24, 2.45) is 0 Å². The molecule has 4 nitrogen and oxygen atoms in total. The maximum absolute atomic E-state index is 13.0. The number of halogens is 3. The second kappa shape index (κ2) is 5.43. The van der Waals surface area contributed by atoms with Crippen molar-refractivity contribution >= 4 is 11.8 Å². The number of nitrogens with two attached hydrogens (primary N) is 1. The van der Waals surface area contributed by atoms with Crippen molar-refractivity contribution in [2.75, 3.05) is 5.73 Å². The Morgan fingerprint density at radius 2 is 1.95 bits per heavy atom. The van der Waals surface area contributed by atoms with Crippen molar-refractivity contribution in [3.05, 3.63) is 47.7 Å². The molecular formula is C14H11F3N2O2. The Morgan fingerprint density at radius 1 is 1.29 bits per heavy atom. The Kier molecular flexibility index (Phi) is 3.84. The minimum atomic E-state index is -4.51. The van der Waals surface area contributed by atoms with Crippen molar-refractivity contribution < 1.29 is 23.1 Å². The first-order valence-corrected chi connectivity index (χ1v) is 5.92. The lowest BCUT2D eigenvalue weighted by atomic mass is 9.99. The van der Waals surface area contributed by atoms with E-state index < -0.39 is 24.1 Å². The van der Waals surface area contributed by atoms with Crippen LogP contribution in [-0.4, -0.2) is 16.1 Å². The number of hydrogen-bond acceptors (Lipinski definition) is 3. The van der Waals surface area contributed by atoms with E-state index in [1.807, 2.05) is 0 Å². The van der Waals surface area contributed by atoms with Crippen LogP contribution >= 0.6 is 0 Å². The summed E-state index contributed by atoms with van der Waals surface area (Å²) in [5, 5.41) is 8.77. The molecule has 1 heterocycles. The highest BCUT2D eigenvalue weighted by Gasteiger charge is 2.33. The van der Waals surface area contributed by atoms with Crippen molar-refractivity contribution in [3.63, 3.8) is 0 Å². The number of aliphatic carboxylic acids is 1. The lowest BCUT2D eigenvalue weighted by Crippen LogP contribution is -2.08. The molecule has 0 aliphatic heterocycles. The molecule has 0 aliphatic carbocycles. The summed E-state index contributed by atoms with van der Waals surface area (Å²) in [5.74, 6) is -1.14. The van der Waals surface area contributed by atoms with Crippen LogP contribution in [0.1, 0.15) is 11.1 Å². The zero-order valence-electron chi connectivity index (χ0n) is 10.7. The van der Waals surface area contributed by atoms with Crippen LogP contribution in [0, 0.1) is 0 Å². The summed E-state index contributed by atoms with van der Waals surface area (Å²) < 4.78 is 39.0. The maximum atomic E-state index is 13.0. The molecule has 7 heteroatoms. The molecule has 1 aromatic heterocycles. The van der Waals surface area contributed by atoms with Gasteiger partial charge in [0.2, 0.25) is 0 Å². The van der Waals surface area contributed by atoms with Gasteiger partial charge in [0.25, 0.3) is 0 Å². The molecule has 0 atom stereocenters. The highest BCUT2D eigenvalue weighted by atomic mass is 19.4. The molecule has 21 heavy (non-hydrogen) atoms. The topological polar surface area (TPSA) is 76.2 Å². The normalized spacial score (nSPS) is 11.4.